The molecule has 13 heavy (non-hydrogen) atoms. The van der Waals surface area contributed by atoms with Gasteiger partial charge in [-0.1, -0.05) is 0 Å². The number of nitrogens with two attached hydrogens (primary N) is 1. The number of carbonyl (C=O) groups is 1. The van der Waals surface area contributed by atoms with E-state index in [1.54, 1.807) is 13.8 Å². The van der Waals surface area contributed by atoms with Crippen LogP contribution >= 0.6 is 11.8 Å². The van der Waals surface area contributed by atoms with Crippen molar-refractivity contribution < 1.29 is 4.79 Å². The summed E-state index contributed by atoms with van der Waals surface area (Å²) < 4.78 is 0. The second-order valence-electron chi connectivity index (χ2n) is 4.08. The first kappa shape index (κ1) is 10.9. The first-order valence-electron chi connectivity index (χ1n) is 4.68. The van der Waals surface area contributed by atoms with Gasteiger partial charge in [-0.15, -0.1) is 0 Å². The Kier molecular flexibility index (Phi) is 3.62. The van der Waals surface area contributed by atoms with Crippen LogP contribution in [0.3, 0.4) is 0 Å². The molecule has 0 aliphatic carbocycles. The summed E-state index contributed by atoms with van der Waals surface area (Å²) >= 11 is 1.95. The fraction of sp³-hybridized carbons (Fsp3) is 0.889. The van der Waals surface area contributed by atoms with E-state index in [9.17, 15) is 4.79 Å². The molecule has 0 unspecified atom stereocenters. The number of rotatable bonds is 2. The molecule has 3 nitrogen and oxygen atoms in total. The fourth-order valence-corrected chi connectivity index (χ4v) is 2.32. The van der Waals surface area contributed by atoms with Crippen LogP contribution in [0.4, 0.5) is 0 Å². The second kappa shape index (κ2) is 4.33. The van der Waals surface area contributed by atoms with E-state index in [4.69, 9.17) is 5.73 Å². The molecule has 0 saturated carbocycles. The third-order valence-corrected chi connectivity index (χ3v) is 3.19. The van der Waals surface area contributed by atoms with Crippen molar-refractivity contribution in [1.29, 1.82) is 0 Å². The topological polar surface area (TPSA) is 55.1 Å². The van der Waals surface area contributed by atoms with Gasteiger partial charge < -0.3 is 11.1 Å². The molecule has 1 saturated heterocycles. The number of hydrogen-bond acceptors (Lipinski definition) is 3. The van der Waals surface area contributed by atoms with Crippen molar-refractivity contribution in [3.63, 3.8) is 0 Å². The maximum atomic E-state index is 11.5. The quantitative estimate of drug-likeness (QED) is 0.694. The van der Waals surface area contributed by atoms with Crippen LogP contribution in [-0.2, 0) is 4.79 Å². The Morgan fingerprint density at radius 2 is 2.00 bits per heavy atom. The maximum absolute atomic E-state index is 11.5. The molecule has 0 aromatic heterocycles. The number of nitrogens with one attached hydrogen (secondary N) is 1. The molecule has 1 aliphatic rings. The molecule has 1 heterocycles. The lowest BCUT2D eigenvalue weighted by atomic mass is 10.0. The molecule has 0 aromatic carbocycles. The highest BCUT2D eigenvalue weighted by molar-refractivity contribution is 7.99. The smallest absolute Gasteiger partial charge is 0.239 e. The molecule has 1 fully saturated rings. The molecule has 0 spiro atoms. The normalized spacial score (nSPS) is 19.9. The standard InChI is InChI=1S/C9H18N2OS/c1-9(2,10)8(12)11-7-3-5-13-6-4-7/h7H,3-6,10H2,1-2H3,(H,11,12). The predicted molar refractivity (Wildman–Crippen MR) is 56.8 cm³/mol. The van der Waals surface area contributed by atoms with Crippen LogP contribution < -0.4 is 11.1 Å². The highest BCUT2D eigenvalue weighted by atomic mass is 32.2. The van der Waals surface area contributed by atoms with Gasteiger partial charge >= 0.3 is 0 Å². The van der Waals surface area contributed by atoms with Crippen LogP contribution in [0.1, 0.15) is 26.7 Å². The van der Waals surface area contributed by atoms with Gasteiger partial charge in [0.2, 0.25) is 5.91 Å². The summed E-state index contributed by atoms with van der Waals surface area (Å²) in [5.74, 6) is 2.26. The monoisotopic (exact) mass is 202 g/mol. The van der Waals surface area contributed by atoms with E-state index in [0.717, 1.165) is 24.3 Å². The maximum Gasteiger partial charge on any atom is 0.239 e. The van der Waals surface area contributed by atoms with Gasteiger partial charge in [-0.05, 0) is 38.2 Å². The molecule has 76 valence electrons. The molecule has 1 aliphatic heterocycles. The van der Waals surface area contributed by atoms with Crippen LogP contribution in [0.2, 0.25) is 0 Å². The van der Waals surface area contributed by atoms with E-state index in [-0.39, 0.29) is 5.91 Å². The summed E-state index contributed by atoms with van der Waals surface area (Å²) in [6.07, 6.45) is 2.15. The van der Waals surface area contributed by atoms with Crippen LogP contribution in [0.5, 0.6) is 0 Å². The highest BCUT2D eigenvalue weighted by Gasteiger charge is 2.25. The summed E-state index contributed by atoms with van der Waals surface area (Å²) in [6, 6.07) is 0.344. The summed E-state index contributed by atoms with van der Waals surface area (Å²) in [6.45, 7) is 3.47. The molecule has 0 aromatic rings. The van der Waals surface area contributed by atoms with Crippen molar-refractivity contribution in [3.8, 4) is 0 Å². The molecular formula is C9H18N2OS. The van der Waals surface area contributed by atoms with Crippen molar-refractivity contribution >= 4 is 17.7 Å². The van der Waals surface area contributed by atoms with Gasteiger partial charge in [0.15, 0.2) is 0 Å². The van der Waals surface area contributed by atoms with Crippen molar-refractivity contribution in [3.05, 3.63) is 0 Å². The molecule has 1 amide bonds. The molecule has 0 bridgehead atoms. The average molecular weight is 202 g/mol. The lowest BCUT2D eigenvalue weighted by Gasteiger charge is -2.26. The van der Waals surface area contributed by atoms with Crippen molar-refractivity contribution in [2.45, 2.75) is 38.3 Å². The summed E-state index contributed by atoms with van der Waals surface area (Å²) in [5.41, 5.74) is 4.93. The SMILES string of the molecule is CC(C)(N)C(=O)NC1CCSCC1. The zero-order valence-corrected chi connectivity index (χ0v) is 9.12. The first-order chi connectivity index (χ1) is 6.00. The Labute approximate surface area is 83.8 Å². The lowest BCUT2D eigenvalue weighted by molar-refractivity contribution is -0.126. The van der Waals surface area contributed by atoms with Crippen LogP contribution in [0.15, 0.2) is 0 Å². The van der Waals surface area contributed by atoms with E-state index in [2.05, 4.69) is 5.32 Å². The Hall–Kier alpha value is -0.220. The number of amides is 1. The van der Waals surface area contributed by atoms with Gasteiger partial charge in [-0.3, -0.25) is 4.79 Å². The molecule has 0 atom stereocenters. The molecular weight excluding hydrogens is 184 g/mol. The van der Waals surface area contributed by atoms with E-state index >= 15 is 0 Å². The van der Waals surface area contributed by atoms with Gasteiger partial charge in [0.1, 0.15) is 0 Å². The van der Waals surface area contributed by atoms with Gasteiger partial charge in [0.25, 0.3) is 0 Å². The Balaban J connectivity index is 2.35. The third-order valence-electron chi connectivity index (χ3n) is 2.14. The molecule has 0 radical (unpaired) electrons. The zero-order chi connectivity index (χ0) is 9.90. The molecule has 1 rings (SSSR count). The van der Waals surface area contributed by atoms with Crippen molar-refractivity contribution in [1.82, 2.24) is 5.32 Å². The molecule has 3 N–H and O–H groups in total. The van der Waals surface area contributed by atoms with Gasteiger partial charge in [0.05, 0.1) is 5.54 Å². The summed E-state index contributed by atoms with van der Waals surface area (Å²) in [5, 5.41) is 2.98. The van der Waals surface area contributed by atoms with Crippen molar-refractivity contribution in [2.24, 2.45) is 5.73 Å². The number of carbonyl (C=O) groups excluding carboxylic acids is 1. The average Bonchev–Trinajstić information content (AvgIpc) is 2.04. The highest BCUT2D eigenvalue weighted by Crippen LogP contribution is 2.17. The fourth-order valence-electron chi connectivity index (χ4n) is 1.21. The lowest BCUT2D eigenvalue weighted by Crippen LogP contribution is -2.52. The van der Waals surface area contributed by atoms with Gasteiger partial charge in [-0.2, -0.15) is 11.8 Å². The van der Waals surface area contributed by atoms with E-state index in [1.165, 1.54) is 0 Å². The van der Waals surface area contributed by atoms with Crippen LogP contribution in [0, 0.1) is 0 Å². The minimum atomic E-state index is -0.745. The van der Waals surface area contributed by atoms with E-state index < -0.39 is 5.54 Å². The second-order valence-corrected chi connectivity index (χ2v) is 5.31. The third kappa shape index (κ3) is 3.56. The van der Waals surface area contributed by atoms with E-state index in [1.807, 2.05) is 11.8 Å². The van der Waals surface area contributed by atoms with Crippen LogP contribution in [0.25, 0.3) is 0 Å². The Morgan fingerprint density at radius 1 is 1.46 bits per heavy atom. The summed E-state index contributed by atoms with van der Waals surface area (Å²) in [4.78, 5) is 11.5. The zero-order valence-electron chi connectivity index (χ0n) is 8.30. The van der Waals surface area contributed by atoms with Gasteiger partial charge in [-0.25, -0.2) is 0 Å². The molecule has 4 heteroatoms. The number of thioether (sulfide) groups is 1. The summed E-state index contributed by atoms with van der Waals surface area (Å²) in [7, 11) is 0. The first-order valence-corrected chi connectivity index (χ1v) is 5.83. The minimum absolute atomic E-state index is 0.0376. The van der Waals surface area contributed by atoms with Crippen molar-refractivity contribution in [2.75, 3.05) is 11.5 Å². The van der Waals surface area contributed by atoms with Crippen LogP contribution in [-0.4, -0.2) is 29.0 Å². The largest absolute Gasteiger partial charge is 0.352 e. The van der Waals surface area contributed by atoms with E-state index in [0.29, 0.717) is 6.04 Å². The van der Waals surface area contributed by atoms with Gasteiger partial charge in [0, 0.05) is 6.04 Å². The Morgan fingerprint density at radius 3 is 2.46 bits per heavy atom. The number of hydrogen-bond donors (Lipinski definition) is 2. The Bertz CT molecular complexity index is 183. The minimum Gasteiger partial charge on any atom is -0.352 e. The predicted octanol–water partition coefficient (Wildman–Crippen LogP) is 0.735.